The zero-order valence-electron chi connectivity index (χ0n) is 9.85. The monoisotopic (exact) mass is 270 g/mol. The van der Waals surface area contributed by atoms with E-state index in [1.165, 1.54) is 11.3 Å². The minimum atomic E-state index is 0.436. The van der Waals surface area contributed by atoms with Crippen molar-refractivity contribution < 1.29 is 4.52 Å². The minimum absolute atomic E-state index is 0.436. The van der Waals surface area contributed by atoms with Crippen molar-refractivity contribution in [3.05, 3.63) is 46.6 Å². The lowest BCUT2D eigenvalue weighted by Gasteiger charge is -1.93. The van der Waals surface area contributed by atoms with E-state index in [4.69, 9.17) is 10.3 Å². The van der Waals surface area contributed by atoms with E-state index in [0.29, 0.717) is 11.7 Å². The van der Waals surface area contributed by atoms with Gasteiger partial charge in [0.2, 0.25) is 5.82 Å². The highest BCUT2D eigenvalue weighted by Gasteiger charge is 2.07. The van der Waals surface area contributed by atoms with E-state index >= 15 is 0 Å². The molecule has 0 saturated carbocycles. The second-order valence-electron chi connectivity index (χ2n) is 3.83. The standard InChI is InChI=1S/C13H10N4OS/c14-10-3-1-2-9(6-10)4-5-12-16-13(17-18-12)11-7-19-8-15-11/h1-8H,14H2/b5-4+. The SMILES string of the molecule is Nc1cccc(/C=C/c2nc(-c3cscn3)no2)c1. The average Bonchev–Trinajstić information content (AvgIpc) is 3.07. The van der Waals surface area contributed by atoms with Crippen molar-refractivity contribution in [2.75, 3.05) is 5.73 Å². The van der Waals surface area contributed by atoms with Crippen molar-refractivity contribution in [3.63, 3.8) is 0 Å². The fraction of sp³-hybridized carbons (Fsp3) is 0. The molecule has 0 bridgehead atoms. The van der Waals surface area contributed by atoms with E-state index in [2.05, 4.69) is 15.1 Å². The zero-order valence-corrected chi connectivity index (χ0v) is 10.7. The van der Waals surface area contributed by atoms with Gasteiger partial charge in [-0.05, 0) is 23.8 Å². The first-order chi connectivity index (χ1) is 9.31. The number of benzene rings is 1. The molecule has 0 radical (unpaired) electrons. The average molecular weight is 270 g/mol. The number of nitrogens with two attached hydrogens (primary N) is 1. The van der Waals surface area contributed by atoms with Gasteiger partial charge in [-0.25, -0.2) is 4.98 Å². The van der Waals surface area contributed by atoms with Crippen LogP contribution in [0.4, 0.5) is 5.69 Å². The Bertz CT molecular complexity index is 703. The molecule has 0 aliphatic heterocycles. The van der Waals surface area contributed by atoms with Gasteiger partial charge in [-0.15, -0.1) is 11.3 Å². The van der Waals surface area contributed by atoms with Gasteiger partial charge < -0.3 is 10.3 Å². The summed E-state index contributed by atoms with van der Waals surface area (Å²) >= 11 is 1.49. The molecule has 0 aliphatic rings. The van der Waals surface area contributed by atoms with Gasteiger partial charge in [0.1, 0.15) is 5.69 Å². The van der Waals surface area contributed by atoms with E-state index in [-0.39, 0.29) is 0 Å². The maximum atomic E-state index is 5.70. The van der Waals surface area contributed by atoms with Gasteiger partial charge in [-0.2, -0.15) is 4.98 Å². The second-order valence-corrected chi connectivity index (χ2v) is 4.55. The van der Waals surface area contributed by atoms with Crippen LogP contribution in [-0.2, 0) is 0 Å². The van der Waals surface area contributed by atoms with Crippen LogP contribution < -0.4 is 5.73 Å². The normalized spacial score (nSPS) is 11.2. The van der Waals surface area contributed by atoms with Crippen LogP contribution in [-0.4, -0.2) is 15.1 Å². The number of thiazole rings is 1. The Morgan fingerprint density at radius 3 is 3.00 bits per heavy atom. The maximum Gasteiger partial charge on any atom is 0.251 e. The van der Waals surface area contributed by atoms with Crippen LogP contribution >= 0.6 is 11.3 Å². The summed E-state index contributed by atoms with van der Waals surface area (Å²) in [5.74, 6) is 0.930. The van der Waals surface area contributed by atoms with Crippen molar-refractivity contribution in [1.29, 1.82) is 0 Å². The Labute approximate surface area is 113 Å². The number of nitrogen functional groups attached to an aromatic ring is 1. The molecule has 5 nitrogen and oxygen atoms in total. The first-order valence-electron chi connectivity index (χ1n) is 5.57. The molecular weight excluding hydrogens is 260 g/mol. The van der Waals surface area contributed by atoms with Crippen molar-refractivity contribution in [2.45, 2.75) is 0 Å². The fourth-order valence-electron chi connectivity index (χ4n) is 1.56. The zero-order chi connectivity index (χ0) is 13.1. The van der Waals surface area contributed by atoms with Crippen LogP contribution in [0.25, 0.3) is 23.7 Å². The van der Waals surface area contributed by atoms with Gasteiger partial charge in [0.15, 0.2) is 0 Å². The Morgan fingerprint density at radius 1 is 1.26 bits per heavy atom. The highest BCUT2D eigenvalue weighted by Crippen LogP contribution is 2.16. The highest BCUT2D eigenvalue weighted by atomic mass is 32.1. The molecule has 0 unspecified atom stereocenters. The number of hydrogen-bond acceptors (Lipinski definition) is 6. The van der Waals surface area contributed by atoms with Crippen LogP contribution in [0.5, 0.6) is 0 Å². The van der Waals surface area contributed by atoms with Gasteiger partial charge in [0, 0.05) is 17.1 Å². The van der Waals surface area contributed by atoms with Crippen molar-refractivity contribution in [1.82, 2.24) is 15.1 Å². The van der Waals surface area contributed by atoms with Crippen LogP contribution in [0.1, 0.15) is 11.5 Å². The molecule has 3 aromatic rings. The molecule has 94 valence electrons. The summed E-state index contributed by atoms with van der Waals surface area (Å²) in [5, 5.41) is 5.74. The Morgan fingerprint density at radius 2 is 2.21 bits per heavy atom. The second kappa shape index (κ2) is 5.03. The lowest BCUT2D eigenvalue weighted by Crippen LogP contribution is -1.83. The van der Waals surface area contributed by atoms with Crippen LogP contribution in [0.2, 0.25) is 0 Å². The summed E-state index contributed by atoms with van der Waals surface area (Å²) in [5.41, 5.74) is 9.85. The number of anilines is 1. The molecule has 1 aromatic carbocycles. The lowest BCUT2D eigenvalue weighted by atomic mass is 10.2. The third-order valence-electron chi connectivity index (χ3n) is 2.43. The van der Waals surface area contributed by atoms with Gasteiger partial charge in [-0.3, -0.25) is 0 Å². The number of nitrogens with zero attached hydrogens (tertiary/aromatic N) is 3. The minimum Gasteiger partial charge on any atom is -0.399 e. The number of rotatable bonds is 3. The van der Waals surface area contributed by atoms with Gasteiger partial charge >= 0.3 is 0 Å². The maximum absolute atomic E-state index is 5.70. The summed E-state index contributed by atoms with van der Waals surface area (Å²) in [4.78, 5) is 8.36. The molecule has 0 spiro atoms. The lowest BCUT2D eigenvalue weighted by molar-refractivity contribution is 0.411. The quantitative estimate of drug-likeness (QED) is 0.740. The predicted octanol–water partition coefficient (Wildman–Crippen LogP) is 2.95. The summed E-state index contributed by atoms with van der Waals surface area (Å²) in [7, 11) is 0. The van der Waals surface area contributed by atoms with Gasteiger partial charge in [0.05, 0.1) is 5.51 Å². The molecule has 0 saturated heterocycles. The molecule has 0 fully saturated rings. The molecule has 0 amide bonds. The Hall–Kier alpha value is -2.47. The van der Waals surface area contributed by atoms with E-state index in [9.17, 15) is 0 Å². The smallest absolute Gasteiger partial charge is 0.251 e. The number of hydrogen-bond donors (Lipinski definition) is 1. The van der Waals surface area contributed by atoms with Crippen molar-refractivity contribution in [3.8, 4) is 11.5 Å². The molecule has 2 aromatic heterocycles. The molecule has 2 N–H and O–H groups in total. The first kappa shape index (κ1) is 11.6. The van der Waals surface area contributed by atoms with E-state index < -0.39 is 0 Å². The largest absolute Gasteiger partial charge is 0.399 e. The first-order valence-corrected chi connectivity index (χ1v) is 6.51. The van der Waals surface area contributed by atoms with Gasteiger partial charge in [-0.1, -0.05) is 17.3 Å². The van der Waals surface area contributed by atoms with E-state index in [1.54, 1.807) is 11.6 Å². The Balaban J connectivity index is 1.81. The van der Waals surface area contributed by atoms with E-state index in [0.717, 1.165) is 16.9 Å². The summed E-state index contributed by atoms with van der Waals surface area (Å²) in [6.07, 6.45) is 3.62. The topological polar surface area (TPSA) is 77.8 Å². The molecule has 2 heterocycles. The van der Waals surface area contributed by atoms with Gasteiger partial charge in [0.25, 0.3) is 5.89 Å². The fourth-order valence-corrected chi connectivity index (χ4v) is 2.09. The third-order valence-corrected chi connectivity index (χ3v) is 3.02. The molecule has 6 heteroatoms. The van der Waals surface area contributed by atoms with Crippen LogP contribution in [0, 0.1) is 0 Å². The van der Waals surface area contributed by atoms with Crippen molar-refractivity contribution >= 4 is 29.2 Å². The number of aromatic nitrogens is 3. The summed E-state index contributed by atoms with van der Waals surface area (Å²) in [6.45, 7) is 0. The van der Waals surface area contributed by atoms with E-state index in [1.807, 2.05) is 35.7 Å². The van der Waals surface area contributed by atoms with Crippen LogP contribution in [0.3, 0.4) is 0 Å². The molecule has 3 rings (SSSR count). The third kappa shape index (κ3) is 2.69. The van der Waals surface area contributed by atoms with Crippen molar-refractivity contribution in [2.24, 2.45) is 0 Å². The summed E-state index contributed by atoms with van der Waals surface area (Å²) in [6, 6.07) is 7.55. The highest BCUT2D eigenvalue weighted by molar-refractivity contribution is 7.07. The molecule has 0 atom stereocenters. The summed E-state index contributed by atoms with van der Waals surface area (Å²) < 4.78 is 5.13. The molecular formula is C13H10N4OS. The Kier molecular flexibility index (Phi) is 3.07. The molecule has 0 aliphatic carbocycles. The predicted molar refractivity (Wildman–Crippen MR) is 75.2 cm³/mol. The molecule has 19 heavy (non-hydrogen) atoms. The van der Waals surface area contributed by atoms with Crippen LogP contribution in [0.15, 0.2) is 39.7 Å².